The van der Waals surface area contributed by atoms with Gasteiger partial charge in [0.2, 0.25) is 11.8 Å². The highest BCUT2D eigenvalue weighted by molar-refractivity contribution is 6.30. The van der Waals surface area contributed by atoms with Crippen molar-refractivity contribution in [3.63, 3.8) is 0 Å². The maximum Gasteiger partial charge on any atom is 0.247 e. The van der Waals surface area contributed by atoms with Crippen LogP contribution in [0, 0.1) is 0 Å². The topological polar surface area (TPSA) is 99.1 Å². The number of aliphatic hydroxyl groups is 2. The summed E-state index contributed by atoms with van der Waals surface area (Å²) >= 11 is 6.03. The zero-order valence-corrected chi connectivity index (χ0v) is 20.0. The van der Waals surface area contributed by atoms with Gasteiger partial charge in [0, 0.05) is 35.7 Å². The summed E-state index contributed by atoms with van der Waals surface area (Å²) in [4.78, 5) is 28.1. The van der Waals surface area contributed by atoms with E-state index in [0.717, 1.165) is 11.1 Å². The van der Waals surface area contributed by atoms with Crippen molar-refractivity contribution >= 4 is 23.4 Å². The second-order valence-corrected chi connectivity index (χ2v) is 9.09. The van der Waals surface area contributed by atoms with Crippen LogP contribution in [-0.2, 0) is 16.1 Å². The molecule has 4 rings (SSSR count). The smallest absolute Gasteiger partial charge is 0.247 e. The molecule has 2 aromatic rings. The fourth-order valence-corrected chi connectivity index (χ4v) is 4.83. The van der Waals surface area contributed by atoms with E-state index < -0.39 is 24.2 Å². The van der Waals surface area contributed by atoms with Gasteiger partial charge in [-0.3, -0.25) is 9.59 Å². The Morgan fingerprint density at radius 3 is 2.63 bits per heavy atom. The molecule has 0 radical (unpaired) electrons. The van der Waals surface area contributed by atoms with Crippen LogP contribution in [0.15, 0.2) is 72.8 Å². The molecule has 8 heteroatoms. The van der Waals surface area contributed by atoms with Gasteiger partial charge in [0.25, 0.3) is 0 Å². The van der Waals surface area contributed by atoms with E-state index in [9.17, 15) is 19.8 Å². The third kappa shape index (κ3) is 5.27. The van der Waals surface area contributed by atoms with E-state index in [1.54, 1.807) is 35.3 Å². The zero-order valence-electron chi connectivity index (χ0n) is 19.3. The molecule has 0 fully saturated rings. The summed E-state index contributed by atoms with van der Waals surface area (Å²) in [5.41, 5.74) is 2.05. The maximum absolute atomic E-state index is 13.3. The molecule has 0 saturated carbocycles. The van der Waals surface area contributed by atoms with E-state index in [4.69, 9.17) is 16.3 Å². The van der Waals surface area contributed by atoms with Crippen molar-refractivity contribution in [2.45, 2.75) is 43.6 Å². The van der Waals surface area contributed by atoms with Gasteiger partial charge in [-0.1, -0.05) is 48.0 Å². The first-order chi connectivity index (χ1) is 16.9. The average molecular weight is 497 g/mol. The lowest BCUT2D eigenvalue weighted by Crippen LogP contribution is -2.55. The zero-order chi connectivity index (χ0) is 24.9. The number of fused-ring (bicyclic) bond motifs is 3. The van der Waals surface area contributed by atoms with Crippen LogP contribution in [0.5, 0.6) is 5.75 Å². The number of allylic oxidation sites excluding steroid dienone is 1. The van der Waals surface area contributed by atoms with Crippen LogP contribution in [0.3, 0.4) is 0 Å². The first kappa shape index (κ1) is 25.0. The van der Waals surface area contributed by atoms with E-state index >= 15 is 0 Å². The molecule has 1 aliphatic carbocycles. The molecular formula is C27H29ClN2O5. The molecule has 2 aromatic carbocycles. The van der Waals surface area contributed by atoms with Gasteiger partial charge in [-0.15, -0.1) is 6.58 Å². The highest BCUT2D eigenvalue weighted by atomic mass is 35.5. The van der Waals surface area contributed by atoms with Gasteiger partial charge in [-0.25, -0.2) is 0 Å². The van der Waals surface area contributed by atoms with E-state index in [-0.39, 0.29) is 37.9 Å². The monoisotopic (exact) mass is 496 g/mol. The lowest BCUT2D eigenvalue weighted by Gasteiger charge is -2.41. The third-order valence-corrected chi connectivity index (χ3v) is 6.64. The average Bonchev–Trinajstić information content (AvgIpc) is 3.26. The molecule has 4 atom stereocenters. The Balaban J connectivity index is 1.74. The van der Waals surface area contributed by atoms with Gasteiger partial charge in [-0.2, -0.15) is 0 Å². The van der Waals surface area contributed by atoms with Crippen LogP contribution in [0.1, 0.15) is 29.9 Å². The van der Waals surface area contributed by atoms with Gasteiger partial charge in [0.15, 0.2) is 0 Å². The SMILES string of the molecule is C=CCCC(=O)N(Cc1ccc(Cl)cc1)C1C=C(C(=O)NCCO)C2c3ccccc3OC2C1O. The molecule has 2 aliphatic rings. The highest BCUT2D eigenvalue weighted by Gasteiger charge is 2.50. The van der Waals surface area contributed by atoms with Gasteiger partial charge in [0.1, 0.15) is 18.0 Å². The van der Waals surface area contributed by atoms with Gasteiger partial charge >= 0.3 is 0 Å². The first-order valence-corrected chi connectivity index (χ1v) is 12.0. The van der Waals surface area contributed by atoms with Crippen molar-refractivity contribution in [3.05, 3.63) is 89.0 Å². The molecule has 1 aliphatic heterocycles. The summed E-state index contributed by atoms with van der Waals surface area (Å²) in [7, 11) is 0. The van der Waals surface area contributed by atoms with E-state index in [2.05, 4.69) is 11.9 Å². The minimum atomic E-state index is -1.07. The number of nitrogens with one attached hydrogen (secondary N) is 1. The van der Waals surface area contributed by atoms with Crippen LogP contribution in [-0.4, -0.2) is 58.3 Å². The Hall–Kier alpha value is -3.13. The molecule has 2 amide bonds. The number of benzene rings is 2. The summed E-state index contributed by atoms with van der Waals surface area (Å²) in [6.45, 7) is 3.82. The second kappa shape index (κ2) is 11.1. The van der Waals surface area contributed by atoms with Crippen molar-refractivity contribution < 1.29 is 24.5 Å². The highest BCUT2D eigenvalue weighted by Crippen LogP contribution is 2.47. The number of amides is 2. The molecule has 4 unspecified atom stereocenters. The van der Waals surface area contributed by atoms with Crippen molar-refractivity contribution in [3.8, 4) is 5.75 Å². The Morgan fingerprint density at radius 1 is 1.17 bits per heavy atom. The number of hydrogen-bond acceptors (Lipinski definition) is 5. The van der Waals surface area contributed by atoms with Crippen molar-refractivity contribution in [2.75, 3.05) is 13.2 Å². The normalized spacial score (nSPS) is 22.3. The molecular weight excluding hydrogens is 468 g/mol. The molecule has 0 spiro atoms. The third-order valence-electron chi connectivity index (χ3n) is 6.39. The summed E-state index contributed by atoms with van der Waals surface area (Å²) in [5, 5.41) is 24.0. The Morgan fingerprint density at radius 2 is 1.91 bits per heavy atom. The Labute approximate surface area is 209 Å². The van der Waals surface area contributed by atoms with Crippen LogP contribution in [0.25, 0.3) is 0 Å². The predicted octanol–water partition coefficient (Wildman–Crippen LogP) is 2.96. The number of para-hydroxylation sites is 1. The summed E-state index contributed by atoms with van der Waals surface area (Å²) in [5.74, 6) is -0.428. The lowest BCUT2D eigenvalue weighted by atomic mass is 9.77. The number of carbonyl (C=O) groups excluding carboxylic acids is 2. The van der Waals surface area contributed by atoms with Crippen LogP contribution >= 0.6 is 11.6 Å². The minimum absolute atomic E-state index is 0.0933. The minimum Gasteiger partial charge on any atom is -0.486 e. The molecule has 0 saturated heterocycles. The largest absolute Gasteiger partial charge is 0.486 e. The van der Waals surface area contributed by atoms with Crippen LogP contribution in [0.2, 0.25) is 5.02 Å². The standard InChI is InChI=1S/C27H29ClN2O5/c1-2-3-8-23(32)30(16-17-9-11-18(28)12-10-17)21-15-20(27(34)29-13-14-31)24-19-6-4-5-7-22(19)35-26(24)25(21)33/h2,4-7,9-12,15,21,24-26,31,33H,1,3,8,13-14,16H2,(H,29,34). The maximum atomic E-state index is 13.3. The first-order valence-electron chi connectivity index (χ1n) is 11.6. The Bertz CT molecular complexity index is 1120. The van der Waals surface area contributed by atoms with E-state index in [1.165, 1.54) is 0 Å². The Kier molecular flexibility index (Phi) is 7.90. The van der Waals surface area contributed by atoms with Gasteiger partial charge in [0.05, 0.1) is 18.6 Å². The van der Waals surface area contributed by atoms with Crippen LogP contribution < -0.4 is 10.1 Å². The molecule has 1 heterocycles. The predicted molar refractivity (Wildman–Crippen MR) is 133 cm³/mol. The molecule has 184 valence electrons. The van der Waals surface area contributed by atoms with Gasteiger partial charge < -0.3 is 25.2 Å². The number of nitrogens with zero attached hydrogens (tertiary/aromatic N) is 1. The fraction of sp³-hybridized carbons (Fsp3) is 0.333. The number of halogens is 1. The van der Waals surface area contributed by atoms with Crippen molar-refractivity contribution in [1.29, 1.82) is 0 Å². The quantitative estimate of drug-likeness (QED) is 0.464. The van der Waals surface area contributed by atoms with Crippen LogP contribution in [0.4, 0.5) is 0 Å². The fourth-order valence-electron chi connectivity index (χ4n) is 4.71. The summed E-state index contributed by atoms with van der Waals surface area (Å²) in [6.07, 6.45) is 2.24. The van der Waals surface area contributed by atoms with E-state index in [1.807, 2.05) is 30.3 Å². The second-order valence-electron chi connectivity index (χ2n) is 8.66. The molecule has 0 aromatic heterocycles. The lowest BCUT2D eigenvalue weighted by molar-refractivity contribution is -0.138. The molecule has 0 bridgehead atoms. The van der Waals surface area contributed by atoms with Crippen molar-refractivity contribution in [1.82, 2.24) is 10.2 Å². The summed E-state index contributed by atoms with van der Waals surface area (Å²) in [6, 6.07) is 13.7. The number of ether oxygens (including phenoxy) is 1. The van der Waals surface area contributed by atoms with Gasteiger partial charge in [-0.05, 0) is 36.3 Å². The summed E-state index contributed by atoms with van der Waals surface area (Å²) < 4.78 is 6.12. The molecule has 7 nitrogen and oxygen atoms in total. The number of hydrogen-bond donors (Lipinski definition) is 3. The van der Waals surface area contributed by atoms with E-state index in [0.29, 0.717) is 22.8 Å². The van der Waals surface area contributed by atoms with Crippen molar-refractivity contribution in [2.24, 2.45) is 0 Å². The number of aliphatic hydroxyl groups excluding tert-OH is 2. The molecule has 35 heavy (non-hydrogen) atoms. The molecule has 3 N–H and O–H groups in total. The number of carbonyl (C=O) groups is 2. The number of rotatable bonds is 9.